The van der Waals surface area contributed by atoms with E-state index in [2.05, 4.69) is 4.90 Å². The van der Waals surface area contributed by atoms with Gasteiger partial charge in [-0.25, -0.2) is 8.78 Å². The second-order valence-corrected chi connectivity index (χ2v) is 6.13. The number of carbonyl (C=O) groups excluding carboxylic acids is 1. The van der Waals surface area contributed by atoms with E-state index >= 15 is 0 Å². The molecule has 0 radical (unpaired) electrons. The number of carbonyl (C=O) groups is 1. The monoisotopic (exact) mass is 279 g/mol. The van der Waals surface area contributed by atoms with Crippen molar-refractivity contribution in [2.24, 2.45) is 11.8 Å². The van der Waals surface area contributed by atoms with E-state index in [0.717, 1.165) is 31.3 Å². The molecule has 3 rings (SSSR count). The third-order valence-electron chi connectivity index (χ3n) is 4.02. The van der Waals surface area contributed by atoms with Gasteiger partial charge in [-0.15, -0.1) is 0 Å². The second kappa shape index (κ2) is 5.60. The van der Waals surface area contributed by atoms with Gasteiger partial charge >= 0.3 is 0 Å². The molecule has 0 bridgehead atoms. The van der Waals surface area contributed by atoms with Crippen LogP contribution in [0.3, 0.4) is 0 Å². The Balaban J connectivity index is 1.66. The molecule has 2 aliphatic carbocycles. The number of Topliss-reactive ketones (excluding diaryl/α,β-unsaturated/α-hetero) is 1. The smallest absolute Gasteiger partial charge is 0.179 e. The quantitative estimate of drug-likeness (QED) is 0.714. The maximum absolute atomic E-state index is 13.6. The predicted octanol–water partition coefficient (Wildman–Crippen LogP) is 3.27. The minimum absolute atomic E-state index is 0.124. The highest BCUT2D eigenvalue weighted by atomic mass is 19.1. The Morgan fingerprint density at radius 3 is 2.25 bits per heavy atom. The molecule has 2 aliphatic rings. The topological polar surface area (TPSA) is 20.3 Å². The lowest BCUT2D eigenvalue weighted by Gasteiger charge is -2.21. The van der Waals surface area contributed by atoms with Gasteiger partial charge in [-0.05, 0) is 55.7 Å². The van der Waals surface area contributed by atoms with E-state index in [0.29, 0.717) is 11.8 Å². The van der Waals surface area contributed by atoms with Crippen LogP contribution in [0.4, 0.5) is 8.78 Å². The molecule has 20 heavy (non-hydrogen) atoms. The first-order valence-corrected chi connectivity index (χ1v) is 7.32. The Hall–Kier alpha value is -1.29. The lowest BCUT2D eigenvalue weighted by atomic mass is 10.1. The van der Waals surface area contributed by atoms with Crippen molar-refractivity contribution in [2.45, 2.75) is 25.7 Å². The average molecular weight is 279 g/mol. The summed E-state index contributed by atoms with van der Waals surface area (Å²) in [6.07, 6.45) is 4.90. The van der Waals surface area contributed by atoms with Crippen LogP contribution < -0.4 is 0 Å². The molecule has 2 saturated carbocycles. The molecule has 108 valence electrons. The summed E-state index contributed by atoms with van der Waals surface area (Å²) in [7, 11) is 0. The fourth-order valence-corrected chi connectivity index (χ4v) is 2.53. The maximum atomic E-state index is 13.6. The number of rotatable bonds is 7. The van der Waals surface area contributed by atoms with Crippen LogP contribution in [0.25, 0.3) is 0 Å². The van der Waals surface area contributed by atoms with Crippen molar-refractivity contribution in [3.63, 3.8) is 0 Å². The number of ketones is 1. The van der Waals surface area contributed by atoms with Crippen molar-refractivity contribution >= 4 is 5.78 Å². The molecule has 0 aliphatic heterocycles. The average Bonchev–Trinajstić information content (AvgIpc) is 3.28. The third-order valence-corrected chi connectivity index (χ3v) is 4.02. The molecule has 4 heteroatoms. The summed E-state index contributed by atoms with van der Waals surface area (Å²) in [5.41, 5.74) is -0.124. The van der Waals surface area contributed by atoms with Crippen LogP contribution in [0.15, 0.2) is 18.2 Å². The van der Waals surface area contributed by atoms with Gasteiger partial charge in [0.15, 0.2) is 5.78 Å². The van der Waals surface area contributed by atoms with E-state index < -0.39 is 11.6 Å². The second-order valence-electron chi connectivity index (χ2n) is 6.13. The Bertz CT molecular complexity index is 495. The van der Waals surface area contributed by atoms with Crippen LogP contribution in [-0.2, 0) is 0 Å². The molecular formula is C16H19F2NO. The Morgan fingerprint density at radius 2 is 1.70 bits per heavy atom. The molecule has 0 heterocycles. The molecular weight excluding hydrogens is 260 g/mol. The van der Waals surface area contributed by atoms with Crippen molar-refractivity contribution in [3.8, 4) is 0 Å². The van der Waals surface area contributed by atoms with Gasteiger partial charge in [0.1, 0.15) is 11.6 Å². The van der Waals surface area contributed by atoms with Gasteiger partial charge in [0.25, 0.3) is 0 Å². The van der Waals surface area contributed by atoms with Crippen LogP contribution in [0.2, 0.25) is 0 Å². The van der Waals surface area contributed by atoms with E-state index in [4.69, 9.17) is 0 Å². The molecule has 0 atom stereocenters. The van der Waals surface area contributed by atoms with Gasteiger partial charge in [-0.2, -0.15) is 0 Å². The third kappa shape index (κ3) is 3.63. The molecule has 0 saturated heterocycles. The predicted molar refractivity (Wildman–Crippen MR) is 72.6 cm³/mol. The van der Waals surface area contributed by atoms with Crippen molar-refractivity contribution in [3.05, 3.63) is 35.4 Å². The van der Waals surface area contributed by atoms with Crippen molar-refractivity contribution < 1.29 is 13.6 Å². The highest BCUT2D eigenvalue weighted by molar-refractivity contribution is 5.97. The molecule has 0 aromatic heterocycles. The van der Waals surface area contributed by atoms with E-state index in [1.54, 1.807) is 0 Å². The number of hydrogen-bond acceptors (Lipinski definition) is 2. The zero-order chi connectivity index (χ0) is 14.1. The minimum atomic E-state index is -0.630. The van der Waals surface area contributed by atoms with E-state index in [9.17, 15) is 13.6 Å². The van der Waals surface area contributed by atoms with E-state index in [-0.39, 0.29) is 17.9 Å². The molecule has 2 nitrogen and oxygen atoms in total. The summed E-state index contributed by atoms with van der Waals surface area (Å²) < 4.78 is 26.8. The normalized spacial score (nSPS) is 18.6. The van der Waals surface area contributed by atoms with Crippen molar-refractivity contribution in [1.82, 2.24) is 4.90 Å². The van der Waals surface area contributed by atoms with Gasteiger partial charge in [-0.3, -0.25) is 9.69 Å². The SMILES string of the molecule is O=C(CN(CC1CC1)CC1CC1)c1cc(F)ccc1F. The summed E-state index contributed by atoms with van der Waals surface area (Å²) in [4.78, 5) is 14.3. The molecule has 0 unspecified atom stereocenters. The van der Waals surface area contributed by atoms with Crippen LogP contribution >= 0.6 is 0 Å². The van der Waals surface area contributed by atoms with Crippen molar-refractivity contribution in [1.29, 1.82) is 0 Å². The molecule has 0 N–H and O–H groups in total. The minimum Gasteiger partial charge on any atom is -0.295 e. The fraction of sp³-hybridized carbons (Fsp3) is 0.562. The standard InChI is InChI=1S/C16H19F2NO/c17-13-5-6-15(18)14(7-13)16(20)10-19(8-11-1-2-11)9-12-3-4-12/h5-7,11-12H,1-4,8-10H2. The number of halogens is 2. The lowest BCUT2D eigenvalue weighted by molar-refractivity contribution is 0.0919. The summed E-state index contributed by atoms with van der Waals surface area (Å²) in [5.74, 6) is -0.124. The van der Waals surface area contributed by atoms with Crippen molar-refractivity contribution in [2.75, 3.05) is 19.6 Å². The number of hydrogen-bond donors (Lipinski definition) is 0. The highest BCUT2D eigenvalue weighted by Crippen LogP contribution is 2.33. The summed E-state index contributed by atoms with van der Waals surface area (Å²) in [6, 6.07) is 3.07. The van der Waals surface area contributed by atoms with Crippen LogP contribution in [0, 0.1) is 23.5 Å². The summed E-state index contributed by atoms with van der Waals surface area (Å²) >= 11 is 0. The Labute approximate surface area is 117 Å². The zero-order valence-electron chi connectivity index (χ0n) is 11.4. The first kappa shape index (κ1) is 13.7. The first-order valence-electron chi connectivity index (χ1n) is 7.32. The molecule has 0 spiro atoms. The van der Waals surface area contributed by atoms with Crippen LogP contribution in [0.1, 0.15) is 36.0 Å². The summed E-state index contributed by atoms with van der Waals surface area (Å²) in [6.45, 7) is 2.03. The molecule has 0 amide bonds. The first-order chi connectivity index (χ1) is 9.61. The fourth-order valence-electron chi connectivity index (χ4n) is 2.53. The molecule has 2 fully saturated rings. The van der Waals surface area contributed by atoms with Gasteiger partial charge in [0, 0.05) is 13.1 Å². The van der Waals surface area contributed by atoms with E-state index in [1.165, 1.54) is 25.7 Å². The van der Waals surface area contributed by atoms with Gasteiger partial charge in [0.05, 0.1) is 12.1 Å². The molecule has 1 aromatic carbocycles. The largest absolute Gasteiger partial charge is 0.295 e. The summed E-state index contributed by atoms with van der Waals surface area (Å²) in [5, 5.41) is 0. The zero-order valence-corrected chi connectivity index (χ0v) is 11.4. The Morgan fingerprint density at radius 1 is 1.10 bits per heavy atom. The van der Waals surface area contributed by atoms with E-state index in [1.807, 2.05) is 0 Å². The maximum Gasteiger partial charge on any atom is 0.179 e. The van der Waals surface area contributed by atoms with Gasteiger partial charge in [-0.1, -0.05) is 0 Å². The van der Waals surface area contributed by atoms with Gasteiger partial charge < -0.3 is 0 Å². The number of nitrogens with zero attached hydrogens (tertiary/aromatic N) is 1. The lowest BCUT2D eigenvalue weighted by Crippen LogP contribution is -2.34. The molecule has 1 aromatic rings. The van der Waals surface area contributed by atoms with Crippen LogP contribution in [0.5, 0.6) is 0 Å². The number of benzene rings is 1. The van der Waals surface area contributed by atoms with Crippen LogP contribution in [-0.4, -0.2) is 30.3 Å². The van der Waals surface area contributed by atoms with Gasteiger partial charge in [0.2, 0.25) is 0 Å². The highest BCUT2D eigenvalue weighted by Gasteiger charge is 2.30. The Kier molecular flexibility index (Phi) is 3.83.